The lowest BCUT2D eigenvalue weighted by Gasteiger charge is -2.43. The van der Waals surface area contributed by atoms with Gasteiger partial charge in [-0.2, -0.15) is 5.10 Å². The normalized spacial score (nSPS) is 17.7. The van der Waals surface area contributed by atoms with Crippen LogP contribution in [0.2, 0.25) is 0 Å². The highest BCUT2D eigenvalue weighted by molar-refractivity contribution is 5.99. The fourth-order valence-electron chi connectivity index (χ4n) is 4.56. The Hall–Kier alpha value is -3.85. The van der Waals surface area contributed by atoms with Gasteiger partial charge in [0.2, 0.25) is 0 Å². The van der Waals surface area contributed by atoms with Gasteiger partial charge >= 0.3 is 6.03 Å². The van der Waals surface area contributed by atoms with Crippen molar-refractivity contribution in [2.24, 2.45) is 0 Å². The van der Waals surface area contributed by atoms with Crippen molar-refractivity contribution < 1.29 is 19.4 Å². The lowest BCUT2D eigenvalue weighted by molar-refractivity contribution is -0.0357. The average molecular weight is 462 g/mol. The summed E-state index contributed by atoms with van der Waals surface area (Å²) >= 11 is 0. The van der Waals surface area contributed by atoms with Crippen LogP contribution in [0.4, 0.5) is 4.79 Å². The Labute approximate surface area is 196 Å². The van der Waals surface area contributed by atoms with E-state index in [0.29, 0.717) is 35.7 Å². The first kappa shape index (κ1) is 22.0. The monoisotopic (exact) mass is 461 g/mol. The van der Waals surface area contributed by atoms with Crippen LogP contribution in [0.1, 0.15) is 35.5 Å². The molecule has 0 spiro atoms. The predicted molar refractivity (Wildman–Crippen MR) is 128 cm³/mol. The molecule has 1 saturated heterocycles. The first-order valence-corrected chi connectivity index (χ1v) is 11.3. The fourth-order valence-corrected chi connectivity index (χ4v) is 4.56. The minimum atomic E-state index is -0.486. The Morgan fingerprint density at radius 2 is 2.03 bits per heavy atom. The SMILES string of the molecule is CCNC(=O)n1c(C)cc2cc(Oc3ccnn4cc(C(=O)N5C[C@@H](O)[C@H]5C)c(C)c34)ccc21. The van der Waals surface area contributed by atoms with Gasteiger partial charge in [0.1, 0.15) is 11.3 Å². The molecule has 0 aliphatic carbocycles. The molecule has 9 nitrogen and oxygen atoms in total. The van der Waals surface area contributed by atoms with Crippen molar-refractivity contribution in [2.75, 3.05) is 13.1 Å². The Balaban J connectivity index is 1.49. The molecule has 3 aromatic heterocycles. The van der Waals surface area contributed by atoms with Gasteiger partial charge in [0.05, 0.1) is 29.4 Å². The number of aliphatic hydroxyl groups is 1. The van der Waals surface area contributed by atoms with E-state index < -0.39 is 6.10 Å². The molecule has 1 aliphatic heterocycles. The molecule has 176 valence electrons. The summed E-state index contributed by atoms with van der Waals surface area (Å²) in [6.45, 7) is 8.37. The van der Waals surface area contributed by atoms with Crippen molar-refractivity contribution in [1.29, 1.82) is 0 Å². The van der Waals surface area contributed by atoms with Crippen molar-refractivity contribution >= 4 is 28.4 Å². The van der Waals surface area contributed by atoms with Crippen LogP contribution < -0.4 is 10.1 Å². The van der Waals surface area contributed by atoms with E-state index in [-0.39, 0.29) is 18.0 Å². The zero-order chi connectivity index (χ0) is 24.1. The largest absolute Gasteiger partial charge is 0.455 e. The van der Waals surface area contributed by atoms with Crippen molar-refractivity contribution in [3.63, 3.8) is 0 Å². The fraction of sp³-hybridized carbons (Fsp3) is 0.320. The molecule has 9 heteroatoms. The van der Waals surface area contributed by atoms with Gasteiger partial charge in [-0.15, -0.1) is 0 Å². The zero-order valence-corrected chi connectivity index (χ0v) is 19.6. The number of benzene rings is 1. The second kappa shape index (κ2) is 8.18. The van der Waals surface area contributed by atoms with Gasteiger partial charge in [0.15, 0.2) is 5.75 Å². The molecule has 2 N–H and O–H groups in total. The van der Waals surface area contributed by atoms with Crippen LogP contribution in [0.3, 0.4) is 0 Å². The second-order valence-corrected chi connectivity index (χ2v) is 8.70. The van der Waals surface area contributed by atoms with Gasteiger partial charge in [0, 0.05) is 36.4 Å². The topological polar surface area (TPSA) is 101 Å². The van der Waals surface area contributed by atoms with E-state index in [9.17, 15) is 14.7 Å². The van der Waals surface area contributed by atoms with Gasteiger partial charge in [-0.25, -0.2) is 9.31 Å². The molecule has 1 aromatic carbocycles. The Bertz CT molecular complexity index is 1440. The number of nitrogens with one attached hydrogen (secondary N) is 1. The number of fused-ring (bicyclic) bond motifs is 2. The molecule has 2 atom stereocenters. The number of β-amino-alcohol motifs (C(OH)–C–C–N with tert-alkyl or cyclic N) is 1. The van der Waals surface area contributed by atoms with E-state index in [0.717, 1.165) is 22.2 Å². The summed E-state index contributed by atoms with van der Waals surface area (Å²) in [5, 5.41) is 17.9. The maximum Gasteiger partial charge on any atom is 0.326 e. The molecule has 34 heavy (non-hydrogen) atoms. The van der Waals surface area contributed by atoms with Crippen LogP contribution in [0, 0.1) is 13.8 Å². The number of likely N-dealkylation sites (tertiary alicyclic amines) is 1. The molecule has 1 fully saturated rings. The van der Waals surface area contributed by atoms with Crippen LogP contribution in [0.25, 0.3) is 16.4 Å². The summed E-state index contributed by atoms with van der Waals surface area (Å²) < 4.78 is 9.53. The molecular weight excluding hydrogens is 434 g/mol. The highest BCUT2D eigenvalue weighted by Crippen LogP contribution is 2.33. The number of aliphatic hydroxyl groups excluding tert-OH is 1. The van der Waals surface area contributed by atoms with Crippen LogP contribution >= 0.6 is 0 Å². The molecule has 4 aromatic rings. The van der Waals surface area contributed by atoms with Gasteiger partial charge in [-0.3, -0.25) is 9.36 Å². The smallest absolute Gasteiger partial charge is 0.326 e. The lowest BCUT2D eigenvalue weighted by Crippen LogP contribution is -2.60. The Morgan fingerprint density at radius 1 is 1.24 bits per heavy atom. The maximum atomic E-state index is 13.0. The van der Waals surface area contributed by atoms with E-state index in [1.54, 1.807) is 32.4 Å². The number of hydrogen-bond acceptors (Lipinski definition) is 5. The third-order valence-corrected chi connectivity index (χ3v) is 6.53. The van der Waals surface area contributed by atoms with E-state index in [1.807, 2.05) is 52.0 Å². The molecule has 0 bridgehead atoms. The van der Waals surface area contributed by atoms with Gasteiger partial charge < -0.3 is 20.1 Å². The predicted octanol–water partition coefficient (Wildman–Crippen LogP) is 3.48. The standard InChI is InChI=1S/C25H27N5O4/c1-5-26-25(33)30-14(2)10-17-11-18(6-7-20(17)30)34-22-8-9-27-29-12-19(15(3)23(22)29)24(32)28-13-21(31)16(28)4/h6-12,16,21,31H,5,13H2,1-4H3,(H,26,33)/t16-,21-/m1/s1. The molecule has 4 heterocycles. The highest BCUT2D eigenvalue weighted by Gasteiger charge is 2.38. The summed E-state index contributed by atoms with van der Waals surface area (Å²) in [4.78, 5) is 27.1. The van der Waals surface area contributed by atoms with Crippen LogP contribution in [-0.2, 0) is 0 Å². The number of ether oxygens (including phenoxy) is 1. The number of carbonyl (C=O) groups is 2. The molecule has 2 amide bonds. The molecule has 0 unspecified atom stereocenters. The van der Waals surface area contributed by atoms with E-state index in [4.69, 9.17) is 4.74 Å². The number of rotatable bonds is 4. The molecule has 5 rings (SSSR count). The highest BCUT2D eigenvalue weighted by atomic mass is 16.5. The van der Waals surface area contributed by atoms with Gasteiger partial charge in [-0.05, 0) is 57.5 Å². The maximum absolute atomic E-state index is 13.0. The summed E-state index contributed by atoms with van der Waals surface area (Å²) in [6, 6.07) is 8.92. The Morgan fingerprint density at radius 3 is 2.74 bits per heavy atom. The van der Waals surface area contributed by atoms with Crippen molar-refractivity contribution in [3.8, 4) is 11.5 Å². The Kier molecular flexibility index (Phi) is 5.28. The summed E-state index contributed by atoms with van der Waals surface area (Å²) in [5.41, 5.74) is 3.64. The summed E-state index contributed by atoms with van der Waals surface area (Å²) in [7, 11) is 0. The quantitative estimate of drug-likeness (QED) is 0.485. The minimum absolute atomic E-state index is 0.129. The average Bonchev–Trinajstić information content (AvgIpc) is 3.33. The van der Waals surface area contributed by atoms with Gasteiger partial charge in [-0.1, -0.05) is 0 Å². The van der Waals surface area contributed by atoms with Crippen LogP contribution in [-0.4, -0.2) is 61.4 Å². The summed E-state index contributed by atoms with van der Waals surface area (Å²) in [6.07, 6.45) is 2.84. The molecular formula is C25H27N5O4. The third-order valence-electron chi connectivity index (χ3n) is 6.53. The van der Waals surface area contributed by atoms with Crippen molar-refractivity contribution in [3.05, 3.63) is 59.5 Å². The molecule has 1 aliphatic rings. The number of carbonyl (C=O) groups excluding carboxylic acids is 2. The van der Waals surface area contributed by atoms with E-state index >= 15 is 0 Å². The number of hydrogen-bond donors (Lipinski definition) is 2. The number of nitrogens with zero attached hydrogens (tertiary/aromatic N) is 4. The third kappa shape index (κ3) is 3.40. The van der Waals surface area contributed by atoms with Gasteiger partial charge in [0.25, 0.3) is 5.91 Å². The van der Waals surface area contributed by atoms with Crippen molar-refractivity contribution in [2.45, 2.75) is 39.8 Å². The number of aromatic nitrogens is 3. The first-order chi connectivity index (χ1) is 16.3. The number of aryl methyl sites for hydroxylation is 2. The molecule has 0 radical (unpaired) electrons. The molecule has 0 saturated carbocycles. The zero-order valence-electron chi connectivity index (χ0n) is 19.6. The first-order valence-electron chi connectivity index (χ1n) is 11.3. The second-order valence-electron chi connectivity index (χ2n) is 8.70. The number of amides is 2. The summed E-state index contributed by atoms with van der Waals surface area (Å²) in [5.74, 6) is 1.06. The minimum Gasteiger partial charge on any atom is -0.455 e. The van der Waals surface area contributed by atoms with Crippen LogP contribution in [0.5, 0.6) is 11.5 Å². The van der Waals surface area contributed by atoms with Crippen molar-refractivity contribution in [1.82, 2.24) is 24.4 Å². The lowest BCUT2D eigenvalue weighted by atomic mass is 9.99. The van der Waals surface area contributed by atoms with E-state index in [2.05, 4.69) is 10.4 Å². The van der Waals surface area contributed by atoms with Crippen LogP contribution in [0.15, 0.2) is 42.7 Å². The van der Waals surface area contributed by atoms with E-state index in [1.165, 1.54) is 0 Å².